The van der Waals surface area contributed by atoms with Crippen molar-refractivity contribution in [1.82, 2.24) is 0 Å². The molecule has 2 aromatic heterocycles. The zero-order valence-electron chi connectivity index (χ0n) is 14.7. The molecule has 0 saturated carbocycles. The molecule has 7 heteroatoms. The number of quaternary nitrogens is 1. The van der Waals surface area contributed by atoms with Crippen LogP contribution < -0.4 is 20.1 Å². The maximum atomic E-state index is 12.5. The van der Waals surface area contributed by atoms with Crippen molar-refractivity contribution >= 4 is 28.1 Å². The molecular weight excluding hydrogens is 346 g/mol. The van der Waals surface area contributed by atoms with Gasteiger partial charge in [0.1, 0.15) is 37.2 Å². The Bertz CT molecular complexity index is 834. The Labute approximate surface area is 157 Å². The van der Waals surface area contributed by atoms with Crippen molar-refractivity contribution in [2.75, 3.05) is 42.9 Å². The highest BCUT2D eigenvalue weighted by molar-refractivity contribution is 7.16. The largest absolute Gasteiger partial charge is 0.321 e. The predicted molar refractivity (Wildman–Crippen MR) is 100 cm³/mol. The number of hydrogen-bond donors (Lipinski definition) is 2. The number of nitrogens with zero attached hydrogens (tertiary/aromatic N) is 2. The molecule has 0 unspecified atom stereocenters. The first-order chi connectivity index (χ1) is 12.7. The van der Waals surface area contributed by atoms with Gasteiger partial charge >= 0.3 is 0 Å². The lowest BCUT2D eigenvalue weighted by molar-refractivity contribution is -0.892. The van der Waals surface area contributed by atoms with E-state index >= 15 is 0 Å². The summed E-state index contributed by atoms with van der Waals surface area (Å²) < 4.78 is 0. The molecule has 2 aromatic rings. The summed E-state index contributed by atoms with van der Waals surface area (Å²) in [5.74, 6) is 1.14. The number of rotatable bonds is 4. The van der Waals surface area contributed by atoms with Gasteiger partial charge in [-0.05, 0) is 30.9 Å². The number of carbonyl (C=O) groups excluding carboxylic acids is 1. The molecule has 0 radical (unpaired) electrons. The number of piperazine rings is 1. The van der Waals surface area contributed by atoms with Crippen LogP contribution in [0.5, 0.6) is 0 Å². The number of thiophene rings is 1. The maximum absolute atomic E-state index is 12.5. The molecule has 1 fully saturated rings. The van der Waals surface area contributed by atoms with Crippen LogP contribution in [0.25, 0.3) is 0 Å². The highest BCUT2D eigenvalue weighted by Crippen LogP contribution is 2.38. The van der Waals surface area contributed by atoms with Crippen LogP contribution >= 0.6 is 11.3 Å². The Kier molecular flexibility index (Phi) is 4.87. The lowest BCUT2D eigenvalue weighted by Crippen LogP contribution is -3.15. The fraction of sp³-hybridized carbons (Fsp3) is 0.421. The van der Waals surface area contributed by atoms with Gasteiger partial charge in [-0.15, -0.1) is 11.3 Å². The third-order valence-corrected chi connectivity index (χ3v) is 6.41. The van der Waals surface area contributed by atoms with E-state index in [0.717, 1.165) is 61.8 Å². The Balaban J connectivity index is 1.32. The smallest absolute Gasteiger partial charge is 0.280 e. The number of pyridine rings is 1. The molecule has 1 amide bonds. The van der Waals surface area contributed by atoms with E-state index in [-0.39, 0.29) is 5.91 Å². The number of carbonyl (C=O) groups is 1. The summed E-state index contributed by atoms with van der Waals surface area (Å²) in [5, 5.41) is 13.2. The van der Waals surface area contributed by atoms with Crippen LogP contribution in [0.1, 0.15) is 22.4 Å². The molecule has 1 aliphatic carbocycles. The minimum Gasteiger partial charge on any atom is -0.321 e. The van der Waals surface area contributed by atoms with Gasteiger partial charge in [-0.25, -0.2) is 4.98 Å². The van der Waals surface area contributed by atoms with Gasteiger partial charge < -0.3 is 10.2 Å². The number of hydrogen-bond acceptors (Lipinski definition) is 4. The van der Waals surface area contributed by atoms with Crippen LogP contribution in [0.15, 0.2) is 24.4 Å². The molecule has 134 valence electrons. The van der Waals surface area contributed by atoms with Crippen LogP contribution in [0, 0.1) is 11.3 Å². The van der Waals surface area contributed by atoms with Crippen molar-refractivity contribution in [2.45, 2.75) is 19.3 Å². The summed E-state index contributed by atoms with van der Waals surface area (Å²) in [7, 11) is 0. The van der Waals surface area contributed by atoms with Gasteiger partial charge in [0.15, 0.2) is 6.54 Å². The van der Waals surface area contributed by atoms with E-state index in [2.05, 4.69) is 27.3 Å². The predicted octanol–water partition coefficient (Wildman–Crippen LogP) is 0.266. The molecule has 0 spiro atoms. The number of aromatic nitrogens is 1. The van der Waals surface area contributed by atoms with E-state index in [0.29, 0.717) is 12.1 Å². The summed E-state index contributed by atoms with van der Waals surface area (Å²) >= 11 is 1.59. The third-order valence-electron chi connectivity index (χ3n) is 5.20. The highest BCUT2D eigenvalue weighted by atomic mass is 32.1. The molecule has 0 bridgehead atoms. The van der Waals surface area contributed by atoms with Crippen molar-refractivity contribution in [1.29, 1.82) is 5.26 Å². The van der Waals surface area contributed by atoms with Crippen molar-refractivity contribution in [2.24, 2.45) is 0 Å². The summed E-state index contributed by atoms with van der Waals surface area (Å²) in [6, 6.07) is 8.38. The van der Waals surface area contributed by atoms with Gasteiger partial charge in [0.05, 0.1) is 11.8 Å². The zero-order chi connectivity index (χ0) is 17.9. The minimum atomic E-state index is 0.0103. The van der Waals surface area contributed by atoms with Gasteiger partial charge in [0.25, 0.3) is 11.7 Å². The Morgan fingerprint density at radius 2 is 2.19 bits per heavy atom. The quantitative estimate of drug-likeness (QED) is 0.812. The average Bonchev–Trinajstić information content (AvgIpc) is 3.23. The van der Waals surface area contributed by atoms with Crippen LogP contribution in [-0.4, -0.2) is 38.6 Å². The molecule has 3 N–H and O–H groups in total. The first kappa shape index (κ1) is 17.0. The second-order valence-corrected chi connectivity index (χ2v) is 7.99. The van der Waals surface area contributed by atoms with Crippen molar-refractivity contribution < 1.29 is 14.7 Å². The monoisotopic (exact) mass is 369 g/mol. The second kappa shape index (κ2) is 7.44. The molecule has 1 saturated heterocycles. The molecule has 26 heavy (non-hydrogen) atoms. The van der Waals surface area contributed by atoms with E-state index < -0.39 is 0 Å². The van der Waals surface area contributed by atoms with Crippen LogP contribution in [0.2, 0.25) is 0 Å². The number of anilines is 2. The van der Waals surface area contributed by atoms with Gasteiger partial charge in [0, 0.05) is 10.9 Å². The zero-order valence-corrected chi connectivity index (χ0v) is 15.5. The number of nitrogens with one attached hydrogen (secondary N) is 3. The summed E-state index contributed by atoms with van der Waals surface area (Å²) in [4.78, 5) is 20.6. The SMILES string of the molecule is N#Cc1c(NC(=O)C[NH+]2CCN(c3cccc[nH+]3)CC2)sc2c1CCC2. The van der Waals surface area contributed by atoms with Crippen molar-refractivity contribution in [3.8, 4) is 6.07 Å². The molecule has 2 aliphatic rings. The Morgan fingerprint density at radius 3 is 2.92 bits per heavy atom. The van der Waals surface area contributed by atoms with Gasteiger partial charge in [0.2, 0.25) is 0 Å². The molecule has 4 rings (SSSR count). The number of nitriles is 1. The van der Waals surface area contributed by atoms with Crippen molar-refractivity contribution in [3.05, 3.63) is 40.4 Å². The minimum absolute atomic E-state index is 0.0103. The number of H-pyrrole nitrogens is 1. The molecular formula is C19H23N5OS+2. The topological polar surface area (TPSA) is 74.7 Å². The Morgan fingerprint density at radius 1 is 1.35 bits per heavy atom. The molecule has 3 heterocycles. The first-order valence-electron chi connectivity index (χ1n) is 9.14. The standard InChI is InChI=1S/C19H21N5OS/c20-12-15-14-4-3-5-16(14)26-19(15)22-18(25)13-23-8-10-24(11-9-23)17-6-1-2-7-21-17/h1-2,6-7H,3-5,8-11,13H2,(H,22,25)/p+2. The van der Waals surface area contributed by atoms with Gasteiger partial charge in [-0.1, -0.05) is 6.07 Å². The summed E-state index contributed by atoms with van der Waals surface area (Å²) in [6.45, 7) is 4.18. The van der Waals surface area contributed by atoms with E-state index in [1.807, 2.05) is 18.3 Å². The number of aryl methyl sites for hydroxylation is 1. The van der Waals surface area contributed by atoms with E-state index in [1.54, 1.807) is 11.3 Å². The van der Waals surface area contributed by atoms with Gasteiger partial charge in [-0.3, -0.25) is 9.69 Å². The summed E-state index contributed by atoms with van der Waals surface area (Å²) in [6.07, 6.45) is 5.06. The first-order valence-corrected chi connectivity index (χ1v) is 9.96. The van der Waals surface area contributed by atoms with Crippen molar-refractivity contribution in [3.63, 3.8) is 0 Å². The average molecular weight is 369 g/mol. The van der Waals surface area contributed by atoms with E-state index in [1.165, 1.54) is 9.78 Å². The van der Waals surface area contributed by atoms with E-state index in [4.69, 9.17) is 0 Å². The molecule has 0 aromatic carbocycles. The van der Waals surface area contributed by atoms with Crippen LogP contribution in [0.3, 0.4) is 0 Å². The second-order valence-electron chi connectivity index (χ2n) is 6.88. The Hall–Kier alpha value is -2.43. The van der Waals surface area contributed by atoms with E-state index in [9.17, 15) is 10.1 Å². The molecule has 0 atom stereocenters. The lowest BCUT2D eigenvalue weighted by atomic mass is 10.1. The molecule has 6 nitrogen and oxygen atoms in total. The normalized spacial score (nSPS) is 17.0. The number of fused-ring (bicyclic) bond motifs is 1. The molecule has 1 aliphatic heterocycles. The van der Waals surface area contributed by atoms with Crippen LogP contribution in [-0.2, 0) is 17.6 Å². The summed E-state index contributed by atoms with van der Waals surface area (Å²) in [5.41, 5.74) is 1.85. The number of aromatic amines is 1. The lowest BCUT2D eigenvalue weighted by Gasteiger charge is -2.27. The fourth-order valence-electron chi connectivity index (χ4n) is 3.83. The maximum Gasteiger partial charge on any atom is 0.280 e. The van der Waals surface area contributed by atoms with Gasteiger partial charge in [-0.2, -0.15) is 5.26 Å². The fourth-order valence-corrected chi connectivity index (χ4v) is 5.09. The number of amides is 1. The van der Waals surface area contributed by atoms with Crippen LogP contribution in [0.4, 0.5) is 10.8 Å². The highest BCUT2D eigenvalue weighted by Gasteiger charge is 2.28. The third kappa shape index (κ3) is 3.43.